The summed E-state index contributed by atoms with van der Waals surface area (Å²) in [6, 6.07) is 9.08. The predicted molar refractivity (Wildman–Crippen MR) is 127 cm³/mol. The molecular weight excluding hydrogens is 444 g/mol. The second-order valence-corrected chi connectivity index (χ2v) is 12.8. The first-order valence-electron chi connectivity index (χ1n) is 10.1. The van der Waals surface area contributed by atoms with E-state index >= 15 is 0 Å². The molecule has 0 aliphatic rings. The lowest BCUT2D eigenvalue weighted by Gasteiger charge is -2.35. The molecule has 0 aliphatic carbocycles. The van der Waals surface area contributed by atoms with Gasteiger partial charge in [-0.05, 0) is 67.5 Å². The molecule has 1 aromatic carbocycles. The normalized spacial score (nSPS) is 13.1. The summed E-state index contributed by atoms with van der Waals surface area (Å²) in [5, 5.41) is 1.58. The van der Waals surface area contributed by atoms with E-state index in [2.05, 4.69) is 5.32 Å². The first kappa shape index (κ1) is 27.4. The van der Waals surface area contributed by atoms with Crippen molar-refractivity contribution in [1.29, 1.82) is 0 Å². The monoisotopic (exact) mass is 479 g/mol. The van der Waals surface area contributed by atoms with Crippen molar-refractivity contribution in [1.82, 2.24) is 0 Å². The molecule has 0 fully saturated rings. The van der Waals surface area contributed by atoms with E-state index in [9.17, 15) is 9.13 Å². The van der Waals surface area contributed by atoms with Gasteiger partial charge in [0.2, 0.25) is 5.40 Å². The molecule has 0 saturated carbocycles. The molecule has 30 heavy (non-hydrogen) atoms. The number of benzene rings is 1. The van der Waals surface area contributed by atoms with Crippen LogP contribution in [0.3, 0.4) is 0 Å². The van der Waals surface area contributed by atoms with Gasteiger partial charge >= 0.3 is 15.2 Å². The molecule has 0 aliphatic heterocycles. The SMILES string of the molecule is CC(C)OP(=O)(OC(C)C)C(C(=S)Nc1ccccc1)P(=O)(OC(C)C)OC(C)C. The zero-order valence-electron chi connectivity index (χ0n) is 19.0. The zero-order chi connectivity index (χ0) is 23.1. The van der Waals surface area contributed by atoms with Gasteiger partial charge in [0.25, 0.3) is 0 Å². The molecule has 0 atom stereocenters. The fourth-order valence-electron chi connectivity index (χ4n) is 2.64. The lowest BCUT2D eigenvalue weighted by Crippen LogP contribution is -2.32. The van der Waals surface area contributed by atoms with E-state index in [0.717, 1.165) is 0 Å². The molecular formula is C20H35NO6P2S. The average Bonchev–Trinajstić information content (AvgIpc) is 2.51. The van der Waals surface area contributed by atoms with Gasteiger partial charge in [0.15, 0.2) is 0 Å². The topological polar surface area (TPSA) is 83.1 Å². The fourth-order valence-corrected chi connectivity index (χ4v) is 9.19. The van der Waals surface area contributed by atoms with Gasteiger partial charge in [-0.15, -0.1) is 0 Å². The van der Waals surface area contributed by atoms with Gasteiger partial charge in [0.05, 0.1) is 24.4 Å². The van der Waals surface area contributed by atoms with E-state index in [4.69, 9.17) is 30.3 Å². The Morgan fingerprint density at radius 1 is 0.733 bits per heavy atom. The van der Waals surface area contributed by atoms with Gasteiger partial charge < -0.3 is 23.4 Å². The molecule has 1 aromatic rings. The molecule has 1 rings (SSSR count). The number of rotatable bonds is 12. The quantitative estimate of drug-likeness (QED) is 0.258. The minimum Gasteiger partial charge on any atom is -0.349 e. The molecule has 1 N–H and O–H groups in total. The molecule has 0 amide bonds. The van der Waals surface area contributed by atoms with E-state index in [0.29, 0.717) is 5.69 Å². The van der Waals surface area contributed by atoms with Gasteiger partial charge in [-0.2, -0.15) is 0 Å². The highest BCUT2D eigenvalue weighted by molar-refractivity contribution is 7.85. The van der Waals surface area contributed by atoms with Crippen LogP contribution in [-0.2, 0) is 27.2 Å². The number of hydrogen-bond donors (Lipinski definition) is 1. The summed E-state index contributed by atoms with van der Waals surface area (Å²) >= 11 is 5.59. The summed E-state index contributed by atoms with van der Waals surface area (Å²) in [6.45, 7) is 13.8. The standard InChI is InChI=1S/C20H35NO6P2S/c1-14(2)24-28(22,25-15(3)4)20(19(30)21-18-12-10-9-11-13-18)29(23,26-16(5)6)27-17(7)8/h9-17,20H,1-8H3,(H,21,30). The van der Waals surface area contributed by atoms with Crippen LogP contribution in [-0.4, -0.2) is 34.8 Å². The average molecular weight is 480 g/mol. The Balaban J connectivity index is 3.59. The van der Waals surface area contributed by atoms with Crippen molar-refractivity contribution in [2.24, 2.45) is 0 Å². The summed E-state index contributed by atoms with van der Waals surface area (Å²) in [5.41, 5.74) is 0.647. The predicted octanol–water partition coefficient (Wildman–Crippen LogP) is 6.84. The van der Waals surface area contributed by atoms with Crippen molar-refractivity contribution >= 4 is 38.1 Å². The maximum atomic E-state index is 14.1. The van der Waals surface area contributed by atoms with Crippen molar-refractivity contribution in [3.8, 4) is 0 Å². The van der Waals surface area contributed by atoms with Crippen LogP contribution < -0.4 is 5.32 Å². The van der Waals surface area contributed by atoms with Gasteiger partial charge in [-0.3, -0.25) is 9.13 Å². The first-order chi connectivity index (χ1) is 13.8. The van der Waals surface area contributed by atoms with Crippen molar-refractivity contribution in [2.45, 2.75) is 85.2 Å². The number of thiocarbonyl (C=S) groups is 1. The van der Waals surface area contributed by atoms with Crippen molar-refractivity contribution in [3.63, 3.8) is 0 Å². The molecule has 0 spiro atoms. The van der Waals surface area contributed by atoms with Crippen LogP contribution >= 0.6 is 27.4 Å². The van der Waals surface area contributed by atoms with E-state index in [1.54, 1.807) is 67.5 Å². The second-order valence-electron chi connectivity index (χ2n) is 7.93. The third-order valence-electron chi connectivity index (χ3n) is 3.31. The minimum atomic E-state index is -4.09. The molecule has 0 unspecified atom stereocenters. The van der Waals surface area contributed by atoms with Gasteiger partial charge in [0, 0.05) is 5.69 Å². The molecule has 172 valence electrons. The third kappa shape index (κ3) is 8.51. The summed E-state index contributed by atoms with van der Waals surface area (Å²) < 4.78 is 51.2. The van der Waals surface area contributed by atoms with Crippen molar-refractivity contribution in [3.05, 3.63) is 30.3 Å². The van der Waals surface area contributed by atoms with E-state index in [-0.39, 0.29) is 4.99 Å². The Morgan fingerprint density at radius 3 is 1.37 bits per heavy atom. The summed E-state index contributed by atoms with van der Waals surface area (Å²) in [7, 11) is -8.17. The Morgan fingerprint density at radius 2 is 1.07 bits per heavy atom. The third-order valence-corrected chi connectivity index (χ3v) is 10.3. The largest absolute Gasteiger partial charge is 0.353 e. The maximum absolute atomic E-state index is 14.1. The highest BCUT2D eigenvalue weighted by Crippen LogP contribution is 2.72. The molecule has 0 aromatic heterocycles. The van der Waals surface area contributed by atoms with E-state index in [1.807, 2.05) is 18.2 Å². The summed E-state index contributed by atoms with van der Waals surface area (Å²) in [6.07, 6.45) is -1.88. The van der Waals surface area contributed by atoms with Crippen molar-refractivity contribution in [2.75, 3.05) is 5.32 Å². The van der Waals surface area contributed by atoms with Gasteiger partial charge in [0.1, 0.15) is 4.99 Å². The van der Waals surface area contributed by atoms with Crippen LogP contribution in [0.4, 0.5) is 5.69 Å². The molecule has 0 radical (unpaired) electrons. The van der Waals surface area contributed by atoms with Crippen LogP contribution in [0, 0.1) is 0 Å². The van der Waals surface area contributed by atoms with Crippen molar-refractivity contribution < 1.29 is 27.2 Å². The Hall–Kier alpha value is -0.590. The molecule has 0 bridgehead atoms. The van der Waals surface area contributed by atoms with E-state index in [1.165, 1.54) is 0 Å². The van der Waals surface area contributed by atoms with Gasteiger partial charge in [-0.25, -0.2) is 0 Å². The Bertz CT molecular complexity index is 704. The lowest BCUT2D eigenvalue weighted by atomic mass is 10.3. The Labute approximate surface area is 186 Å². The number of hydrogen-bond acceptors (Lipinski definition) is 7. The van der Waals surface area contributed by atoms with Crippen LogP contribution in [0.15, 0.2) is 30.3 Å². The molecule has 0 saturated heterocycles. The molecule has 7 nitrogen and oxygen atoms in total. The summed E-state index contributed by atoms with van der Waals surface area (Å²) in [5.74, 6) is 0. The van der Waals surface area contributed by atoms with Crippen LogP contribution in [0.2, 0.25) is 0 Å². The molecule has 10 heteroatoms. The lowest BCUT2D eigenvalue weighted by molar-refractivity contribution is 0.127. The first-order valence-corrected chi connectivity index (χ1v) is 13.7. The van der Waals surface area contributed by atoms with Crippen LogP contribution in [0.25, 0.3) is 0 Å². The molecule has 0 heterocycles. The number of para-hydroxylation sites is 1. The zero-order valence-corrected chi connectivity index (χ0v) is 21.6. The fraction of sp³-hybridized carbons (Fsp3) is 0.650. The summed E-state index contributed by atoms with van der Waals surface area (Å²) in [4.78, 5) is 0.00969. The number of nitrogens with one attached hydrogen (secondary N) is 1. The van der Waals surface area contributed by atoms with E-state index < -0.39 is 45.0 Å². The van der Waals surface area contributed by atoms with Crippen LogP contribution in [0.1, 0.15) is 55.4 Å². The van der Waals surface area contributed by atoms with Crippen LogP contribution in [0.5, 0.6) is 0 Å². The Kier molecular flexibility index (Phi) is 10.9. The highest BCUT2D eigenvalue weighted by atomic mass is 32.1. The second kappa shape index (κ2) is 11.9. The smallest absolute Gasteiger partial charge is 0.349 e. The van der Waals surface area contributed by atoms with Gasteiger partial charge in [-0.1, -0.05) is 30.4 Å². The highest BCUT2D eigenvalue weighted by Gasteiger charge is 2.55. The number of anilines is 1. The maximum Gasteiger partial charge on any atom is 0.353 e. The minimum absolute atomic E-state index is 0.00969.